The maximum Gasteiger partial charge on any atom is 0.416 e. The predicted octanol–water partition coefficient (Wildman–Crippen LogP) is 7.57. The number of hydrogen-bond donors (Lipinski definition) is 0. The molecule has 4 nitrogen and oxygen atoms in total. The summed E-state index contributed by atoms with van der Waals surface area (Å²) >= 11 is 0. The topological polar surface area (TPSA) is 38.8 Å². The zero-order valence-corrected chi connectivity index (χ0v) is 20.4. The van der Waals surface area contributed by atoms with Crippen LogP contribution in [0.3, 0.4) is 0 Å². The molecule has 0 spiro atoms. The minimum absolute atomic E-state index is 0.00465. The minimum Gasteiger partial charge on any atom is -0.484 e. The van der Waals surface area contributed by atoms with E-state index in [1.165, 1.54) is 24.9 Å². The van der Waals surface area contributed by atoms with Crippen molar-refractivity contribution in [2.45, 2.75) is 38.4 Å². The smallest absolute Gasteiger partial charge is 0.416 e. The van der Waals surface area contributed by atoms with Gasteiger partial charge in [-0.15, -0.1) is 0 Å². The molecular formula is C27H24F7NO3. The summed E-state index contributed by atoms with van der Waals surface area (Å²) in [6.07, 6.45) is -11.3. The van der Waals surface area contributed by atoms with E-state index in [4.69, 9.17) is 9.47 Å². The van der Waals surface area contributed by atoms with Crippen molar-refractivity contribution < 1.29 is 45.0 Å². The zero-order chi connectivity index (χ0) is 28.1. The standard InChI is InChI=1S/C27H24F7NO3/c1-17(19-12-20(26(29,30)31)14-21(13-19)27(32,33)34)38-24-9-8-22(28)15-23(24)35(2)11-10-25(36)37-16-18-6-4-3-5-7-18/h3-9,12-15,17H,10-11,16H2,1-2H3/t17-/m1/s1. The molecule has 0 aliphatic rings. The number of alkyl halides is 6. The van der Waals surface area contributed by atoms with E-state index in [1.54, 1.807) is 24.3 Å². The summed E-state index contributed by atoms with van der Waals surface area (Å²) < 4.78 is 104. The molecular weight excluding hydrogens is 519 g/mol. The number of anilines is 1. The van der Waals surface area contributed by atoms with E-state index in [1.807, 2.05) is 6.07 Å². The largest absolute Gasteiger partial charge is 0.484 e. The van der Waals surface area contributed by atoms with Crippen molar-refractivity contribution in [2.75, 3.05) is 18.5 Å². The van der Waals surface area contributed by atoms with E-state index in [-0.39, 0.29) is 42.6 Å². The number of rotatable bonds is 9. The van der Waals surface area contributed by atoms with Crippen LogP contribution in [0.4, 0.5) is 36.4 Å². The van der Waals surface area contributed by atoms with E-state index in [0.29, 0.717) is 12.1 Å². The highest BCUT2D eigenvalue weighted by Crippen LogP contribution is 2.39. The summed E-state index contributed by atoms with van der Waals surface area (Å²) in [4.78, 5) is 13.6. The van der Waals surface area contributed by atoms with Crippen LogP contribution in [0.25, 0.3) is 0 Å². The fourth-order valence-electron chi connectivity index (χ4n) is 3.55. The van der Waals surface area contributed by atoms with Gasteiger partial charge in [0.15, 0.2) is 0 Å². The van der Waals surface area contributed by atoms with Crippen molar-refractivity contribution in [1.82, 2.24) is 0 Å². The van der Waals surface area contributed by atoms with Gasteiger partial charge in [0.25, 0.3) is 0 Å². The Balaban J connectivity index is 1.75. The first-order chi connectivity index (χ1) is 17.7. The van der Waals surface area contributed by atoms with Crippen molar-refractivity contribution >= 4 is 11.7 Å². The number of hydrogen-bond acceptors (Lipinski definition) is 4. The molecule has 0 aliphatic carbocycles. The van der Waals surface area contributed by atoms with Crippen LogP contribution in [0.15, 0.2) is 66.7 Å². The maximum absolute atomic E-state index is 14.0. The first-order valence-corrected chi connectivity index (χ1v) is 11.4. The van der Waals surface area contributed by atoms with Crippen molar-refractivity contribution in [3.05, 3.63) is 94.8 Å². The summed E-state index contributed by atoms with van der Waals surface area (Å²) in [5.74, 6) is -1.17. The van der Waals surface area contributed by atoms with Crippen molar-refractivity contribution in [1.29, 1.82) is 0 Å². The number of carbonyl (C=O) groups is 1. The van der Waals surface area contributed by atoms with Gasteiger partial charge in [-0.25, -0.2) is 4.39 Å². The van der Waals surface area contributed by atoms with Crippen molar-refractivity contribution in [2.24, 2.45) is 0 Å². The molecule has 1 atom stereocenters. The first kappa shape index (κ1) is 28.8. The van der Waals surface area contributed by atoms with Crippen LogP contribution in [-0.4, -0.2) is 19.6 Å². The molecule has 0 aliphatic heterocycles. The summed E-state index contributed by atoms with van der Waals surface area (Å²) in [5, 5.41) is 0. The number of benzene rings is 3. The quantitative estimate of drug-likeness (QED) is 0.206. The molecule has 0 radical (unpaired) electrons. The molecule has 3 aromatic rings. The van der Waals surface area contributed by atoms with Gasteiger partial charge in [-0.2, -0.15) is 26.3 Å². The normalized spacial score (nSPS) is 12.7. The van der Waals surface area contributed by atoms with Crippen LogP contribution in [0.1, 0.15) is 41.7 Å². The van der Waals surface area contributed by atoms with Gasteiger partial charge < -0.3 is 14.4 Å². The van der Waals surface area contributed by atoms with Gasteiger partial charge in [-0.3, -0.25) is 4.79 Å². The van der Waals surface area contributed by atoms with Crippen molar-refractivity contribution in [3.8, 4) is 5.75 Å². The predicted molar refractivity (Wildman–Crippen MR) is 126 cm³/mol. The van der Waals surface area contributed by atoms with Crippen LogP contribution in [0.2, 0.25) is 0 Å². The van der Waals surface area contributed by atoms with Gasteiger partial charge >= 0.3 is 18.3 Å². The van der Waals surface area contributed by atoms with Crippen molar-refractivity contribution in [3.63, 3.8) is 0 Å². The Morgan fingerprint density at radius 3 is 2.08 bits per heavy atom. The van der Waals surface area contributed by atoms with E-state index in [0.717, 1.165) is 17.7 Å². The van der Waals surface area contributed by atoms with Gasteiger partial charge in [0.05, 0.1) is 23.2 Å². The van der Waals surface area contributed by atoms with Crippen LogP contribution in [-0.2, 0) is 28.5 Å². The molecule has 0 aromatic heterocycles. The van der Waals surface area contributed by atoms with Gasteiger partial charge in [0.2, 0.25) is 0 Å². The highest BCUT2D eigenvalue weighted by molar-refractivity contribution is 5.70. The number of esters is 1. The Morgan fingerprint density at radius 2 is 1.50 bits per heavy atom. The molecule has 38 heavy (non-hydrogen) atoms. The average Bonchev–Trinajstić information content (AvgIpc) is 2.86. The Bertz CT molecular complexity index is 1210. The fraction of sp³-hybridized carbons (Fsp3) is 0.296. The van der Waals surface area contributed by atoms with Crippen LogP contribution in [0.5, 0.6) is 5.75 Å². The van der Waals surface area contributed by atoms with Gasteiger partial charge in [0.1, 0.15) is 24.3 Å². The molecule has 11 heteroatoms. The summed E-state index contributed by atoms with van der Waals surface area (Å²) in [6.45, 7) is 1.43. The minimum atomic E-state index is -5.01. The summed E-state index contributed by atoms with van der Waals surface area (Å²) in [7, 11) is 1.53. The van der Waals surface area contributed by atoms with Crippen LogP contribution >= 0.6 is 0 Å². The third-order valence-electron chi connectivity index (χ3n) is 5.61. The molecule has 0 saturated carbocycles. The average molecular weight is 543 g/mol. The molecule has 204 valence electrons. The Morgan fingerprint density at radius 1 is 0.895 bits per heavy atom. The highest BCUT2D eigenvalue weighted by Gasteiger charge is 2.37. The zero-order valence-electron chi connectivity index (χ0n) is 20.4. The maximum atomic E-state index is 14.0. The molecule has 0 bridgehead atoms. The molecule has 0 heterocycles. The highest BCUT2D eigenvalue weighted by atomic mass is 19.4. The van der Waals surface area contributed by atoms with Gasteiger partial charge in [0, 0.05) is 19.7 Å². The number of halogens is 7. The second kappa shape index (κ2) is 11.7. The van der Waals surface area contributed by atoms with Gasteiger partial charge in [-0.1, -0.05) is 30.3 Å². The summed E-state index contributed by atoms with van der Waals surface area (Å²) in [5.41, 5.74) is -2.36. The molecule has 0 amide bonds. The monoisotopic (exact) mass is 543 g/mol. The second-order valence-corrected chi connectivity index (χ2v) is 8.53. The van der Waals surface area contributed by atoms with E-state index in [2.05, 4.69) is 0 Å². The second-order valence-electron chi connectivity index (χ2n) is 8.53. The molecule has 0 N–H and O–H groups in total. The lowest BCUT2D eigenvalue weighted by Crippen LogP contribution is -2.23. The SMILES string of the molecule is C[C@@H](Oc1ccc(F)cc1N(C)CCC(=O)OCc1ccccc1)c1cc(C(F)(F)F)cc(C(F)(F)F)c1. The molecule has 0 unspecified atom stereocenters. The van der Waals surface area contributed by atoms with E-state index in [9.17, 15) is 35.5 Å². The molecule has 3 aromatic carbocycles. The van der Waals surface area contributed by atoms with Crippen LogP contribution < -0.4 is 9.64 Å². The molecule has 0 saturated heterocycles. The summed E-state index contributed by atoms with van der Waals surface area (Å²) in [6, 6.07) is 13.5. The lowest BCUT2D eigenvalue weighted by Gasteiger charge is -2.25. The number of carbonyl (C=O) groups excluding carboxylic acids is 1. The van der Waals surface area contributed by atoms with Gasteiger partial charge in [-0.05, 0) is 48.4 Å². The number of nitrogens with zero attached hydrogens (tertiary/aromatic N) is 1. The first-order valence-electron chi connectivity index (χ1n) is 11.4. The lowest BCUT2D eigenvalue weighted by atomic mass is 10.0. The molecule has 0 fully saturated rings. The lowest BCUT2D eigenvalue weighted by molar-refractivity contribution is -0.145. The third-order valence-corrected chi connectivity index (χ3v) is 5.61. The fourth-order valence-corrected chi connectivity index (χ4v) is 3.55. The van der Waals surface area contributed by atoms with E-state index < -0.39 is 41.4 Å². The van der Waals surface area contributed by atoms with E-state index >= 15 is 0 Å². The number of ether oxygens (including phenoxy) is 2. The molecule has 3 rings (SSSR count). The Kier molecular flexibility index (Phi) is 8.90. The third kappa shape index (κ3) is 7.87. The Labute approximate surface area is 214 Å². The van der Waals surface area contributed by atoms with Crippen LogP contribution in [0, 0.1) is 5.82 Å². The Hall–Kier alpha value is -3.76.